The molecule has 2 atom stereocenters. The molecular weight excluding hydrogens is 268 g/mol. The highest BCUT2D eigenvalue weighted by Gasteiger charge is 2.36. The van der Waals surface area contributed by atoms with Gasteiger partial charge in [0.05, 0.1) is 6.20 Å². The Labute approximate surface area is 122 Å². The molecule has 3 nitrogen and oxygen atoms in total. The van der Waals surface area contributed by atoms with Crippen molar-refractivity contribution < 1.29 is 4.79 Å². The Morgan fingerprint density at radius 3 is 2.85 bits per heavy atom. The van der Waals surface area contributed by atoms with Crippen molar-refractivity contribution in [1.82, 2.24) is 9.38 Å². The first-order chi connectivity index (χ1) is 9.81. The van der Waals surface area contributed by atoms with E-state index in [0.717, 1.165) is 24.2 Å². The van der Waals surface area contributed by atoms with Gasteiger partial charge in [0, 0.05) is 22.6 Å². The van der Waals surface area contributed by atoms with E-state index >= 15 is 0 Å². The number of rotatable bonds is 2. The summed E-state index contributed by atoms with van der Waals surface area (Å²) >= 11 is 2.12. The second-order valence-corrected chi connectivity index (χ2v) is 7.52. The summed E-state index contributed by atoms with van der Waals surface area (Å²) in [5.41, 5.74) is 1.62. The van der Waals surface area contributed by atoms with Crippen LogP contribution in [0.1, 0.15) is 42.6 Å². The predicted octanol–water partition coefficient (Wildman–Crippen LogP) is 3.58. The molecule has 0 amide bonds. The highest BCUT2D eigenvalue weighted by Crippen LogP contribution is 2.44. The van der Waals surface area contributed by atoms with Gasteiger partial charge in [-0.2, -0.15) is 11.8 Å². The molecule has 0 radical (unpaired) electrons. The van der Waals surface area contributed by atoms with Crippen LogP contribution in [0.15, 0.2) is 30.6 Å². The third-order valence-corrected chi connectivity index (χ3v) is 6.20. The fourth-order valence-corrected chi connectivity index (χ4v) is 5.43. The Morgan fingerprint density at radius 2 is 2.05 bits per heavy atom. The molecule has 0 aliphatic carbocycles. The van der Waals surface area contributed by atoms with E-state index in [-0.39, 0.29) is 5.92 Å². The van der Waals surface area contributed by atoms with Gasteiger partial charge in [-0.3, -0.25) is 9.20 Å². The zero-order valence-electron chi connectivity index (χ0n) is 11.4. The van der Waals surface area contributed by atoms with Crippen molar-refractivity contribution in [2.24, 2.45) is 5.92 Å². The molecule has 0 saturated carbocycles. The van der Waals surface area contributed by atoms with E-state index < -0.39 is 0 Å². The van der Waals surface area contributed by atoms with Crippen LogP contribution in [0.5, 0.6) is 0 Å². The number of nitrogens with zero attached hydrogens (tertiary/aromatic N) is 2. The fraction of sp³-hybridized carbons (Fsp3) is 0.500. The van der Waals surface area contributed by atoms with Crippen molar-refractivity contribution in [2.75, 3.05) is 0 Å². The van der Waals surface area contributed by atoms with Gasteiger partial charge < -0.3 is 0 Å². The smallest absolute Gasteiger partial charge is 0.184 e. The monoisotopic (exact) mass is 286 g/mol. The molecule has 4 heteroatoms. The molecule has 4 rings (SSSR count). The minimum absolute atomic E-state index is 0.201. The molecule has 2 bridgehead atoms. The maximum Gasteiger partial charge on any atom is 0.184 e. The number of thioether (sulfide) groups is 1. The highest BCUT2D eigenvalue weighted by molar-refractivity contribution is 8.00. The summed E-state index contributed by atoms with van der Waals surface area (Å²) < 4.78 is 1.93. The lowest BCUT2D eigenvalue weighted by atomic mass is 9.86. The SMILES string of the molecule is O=C(c1cnc2ccccn12)C1CC2CCCC(C1)S2. The number of hydrogen-bond acceptors (Lipinski definition) is 3. The molecule has 104 valence electrons. The molecule has 2 fully saturated rings. The van der Waals surface area contributed by atoms with Crippen LogP contribution in [0, 0.1) is 5.92 Å². The molecule has 20 heavy (non-hydrogen) atoms. The number of carbonyl (C=O) groups is 1. The highest BCUT2D eigenvalue weighted by atomic mass is 32.2. The second kappa shape index (κ2) is 4.92. The standard InChI is InChI=1S/C16H18N2OS/c19-16(11-8-12-4-3-5-13(9-11)20-12)14-10-17-15-6-1-2-7-18(14)15/h1-2,6-7,10-13H,3-5,8-9H2. The molecule has 0 N–H and O–H groups in total. The lowest BCUT2D eigenvalue weighted by Crippen LogP contribution is -2.33. The van der Waals surface area contributed by atoms with Crippen molar-refractivity contribution in [3.8, 4) is 0 Å². The van der Waals surface area contributed by atoms with Gasteiger partial charge in [0.1, 0.15) is 11.3 Å². The third kappa shape index (κ3) is 2.06. The summed E-state index contributed by atoms with van der Waals surface area (Å²) in [4.78, 5) is 17.2. The summed E-state index contributed by atoms with van der Waals surface area (Å²) in [7, 11) is 0. The first-order valence-corrected chi connectivity index (χ1v) is 8.37. The van der Waals surface area contributed by atoms with Crippen LogP contribution in [0.2, 0.25) is 0 Å². The van der Waals surface area contributed by atoms with Crippen molar-refractivity contribution in [2.45, 2.75) is 42.6 Å². The van der Waals surface area contributed by atoms with E-state index in [1.54, 1.807) is 6.20 Å². The number of carbonyl (C=O) groups excluding carboxylic acids is 1. The van der Waals surface area contributed by atoms with Crippen LogP contribution in [-0.2, 0) is 0 Å². The Bertz CT molecular complexity index is 639. The van der Waals surface area contributed by atoms with Crippen LogP contribution in [-0.4, -0.2) is 25.7 Å². The largest absolute Gasteiger partial charge is 0.297 e. The molecule has 2 aromatic heterocycles. The number of pyridine rings is 1. The number of fused-ring (bicyclic) bond motifs is 3. The minimum atomic E-state index is 0.201. The normalized spacial score (nSPS) is 29.5. The molecule has 0 spiro atoms. The maximum atomic E-state index is 12.8. The van der Waals surface area contributed by atoms with Gasteiger partial charge in [-0.25, -0.2) is 4.98 Å². The van der Waals surface area contributed by atoms with E-state index in [1.165, 1.54) is 19.3 Å². The summed E-state index contributed by atoms with van der Waals surface area (Å²) in [6.45, 7) is 0. The van der Waals surface area contributed by atoms with Gasteiger partial charge in [0.25, 0.3) is 0 Å². The van der Waals surface area contributed by atoms with Gasteiger partial charge >= 0.3 is 0 Å². The summed E-state index contributed by atoms with van der Waals surface area (Å²) in [5.74, 6) is 0.493. The topological polar surface area (TPSA) is 34.4 Å². The van der Waals surface area contributed by atoms with E-state index in [2.05, 4.69) is 16.7 Å². The van der Waals surface area contributed by atoms with Gasteiger partial charge in [-0.15, -0.1) is 0 Å². The Morgan fingerprint density at radius 1 is 1.25 bits per heavy atom. The molecule has 2 saturated heterocycles. The van der Waals surface area contributed by atoms with Gasteiger partial charge in [-0.1, -0.05) is 12.5 Å². The summed E-state index contributed by atoms with van der Waals surface area (Å²) in [6, 6.07) is 5.86. The van der Waals surface area contributed by atoms with Crippen LogP contribution in [0.3, 0.4) is 0 Å². The van der Waals surface area contributed by atoms with Crippen LogP contribution in [0.25, 0.3) is 5.65 Å². The van der Waals surface area contributed by atoms with Crippen LogP contribution < -0.4 is 0 Å². The number of ketones is 1. The first kappa shape index (κ1) is 12.5. The minimum Gasteiger partial charge on any atom is -0.297 e. The molecule has 4 heterocycles. The third-order valence-electron chi connectivity index (χ3n) is 4.57. The fourth-order valence-electron chi connectivity index (χ4n) is 3.60. The van der Waals surface area contributed by atoms with Gasteiger partial charge in [0.2, 0.25) is 0 Å². The quantitative estimate of drug-likeness (QED) is 0.791. The molecule has 2 aliphatic heterocycles. The van der Waals surface area contributed by atoms with Crippen molar-refractivity contribution in [3.05, 3.63) is 36.3 Å². The van der Waals surface area contributed by atoms with Gasteiger partial charge in [-0.05, 0) is 37.8 Å². The number of Topliss-reactive ketones (excluding diaryl/α,β-unsaturated/α-hetero) is 1. The lowest BCUT2D eigenvalue weighted by molar-refractivity contribution is 0.0890. The average Bonchev–Trinajstić information content (AvgIpc) is 2.90. The lowest BCUT2D eigenvalue weighted by Gasteiger charge is -2.37. The number of aromatic nitrogens is 2. The van der Waals surface area contributed by atoms with Crippen molar-refractivity contribution in [1.29, 1.82) is 0 Å². The van der Waals surface area contributed by atoms with E-state index in [1.807, 2.05) is 28.8 Å². The Balaban J connectivity index is 1.63. The maximum absolute atomic E-state index is 12.8. The molecule has 0 aromatic carbocycles. The van der Waals surface area contributed by atoms with E-state index in [4.69, 9.17) is 0 Å². The van der Waals surface area contributed by atoms with E-state index in [9.17, 15) is 4.79 Å². The molecular formula is C16H18N2OS. The van der Waals surface area contributed by atoms with Crippen LogP contribution >= 0.6 is 11.8 Å². The molecule has 2 unspecified atom stereocenters. The second-order valence-electron chi connectivity index (χ2n) is 5.92. The first-order valence-electron chi connectivity index (χ1n) is 7.43. The summed E-state index contributed by atoms with van der Waals surface area (Å²) in [5, 5.41) is 1.41. The molecule has 2 aliphatic rings. The Hall–Kier alpha value is -1.29. The van der Waals surface area contributed by atoms with Crippen LogP contribution in [0.4, 0.5) is 0 Å². The zero-order valence-corrected chi connectivity index (χ0v) is 12.2. The molecule has 2 aromatic rings. The Kier molecular flexibility index (Phi) is 3.06. The number of hydrogen-bond donors (Lipinski definition) is 0. The van der Waals surface area contributed by atoms with Crippen molar-refractivity contribution in [3.63, 3.8) is 0 Å². The summed E-state index contributed by atoms with van der Waals surface area (Å²) in [6.07, 6.45) is 9.72. The predicted molar refractivity (Wildman–Crippen MR) is 81.3 cm³/mol. The van der Waals surface area contributed by atoms with Gasteiger partial charge in [0.15, 0.2) is 5.78 Å². The number of imidazole rings is 1. The van der Waals surface area contributed by atoms with E-state index in [0.29, 0.717) is 16.3 Å². The average molecular weight is 286 g/mol. The van der Waals surface area contributed by atoms with Crippen molar-refractivity contribution >= 4 is 23.2 Å². The zero-order chi connectivity index (χ0) is 13.5.